The smallest absolute Gasteiger partial charge is 0.195 e. The van der Waals surface area contributed by atoms with Gasteiger partial charge >= 0.3 is 0 Å². The predicted octanol–water partition coefficient (Wildman–Crippen LogP) is 2.16. The van der Waals surface area contributed by atoms with Gasteiger partial charge in [0.1, 0.15) is 5.82 Å². The van der Waals surface area contributed by atoms with E-state index in [-0.39, 0.29) is 0 Å². The monoisotopic (exact) mass is 252 g/mol. The van der Waals surface area contributed by atoms with Crippen LogP contribution in [0.15, 0.2) is 0 Å². The van der Waals surface area contributed by atoms with Crippen molar-refractivity contribution in [2.45, 2.75) is 38.1 Å². The molecule has 94 valence electrons. The van der Waals surface area contributed by atoms with Gasteiger partial charge in [-0.05, 0) is 64.0 Å². The Balaban J connectivity index is 1.71. The second-order valence-electron chi connectivity index (χ2n) is 5.52. The number of H-pyrrole nitrogens is 1. The van der Waals surface area contributed by atoms with Crippen LogP contribution in [0.2, 0.25) is 0 Å². The lowest BCUT2D eigenvalue weighted by molar-refractivity contribution is 0.203. The fourth-order valence-electron chi connectivity index (χ4n) is 2.66. The summed E-state index contributed by atoms with van der Waals surface area (Å²) >= 11 is 5.35. The molecule has 1 N–H and O–H groups in total. The van der Waals surface area contributed by atoms with Crippen LogP contribution in [0.4, 0.5) is 0 Å². The number of hydrogen-bond acceptors (Lipinski definition) is 3. The van der Waals surface area contributed by atoms with Gasteiger partial charge < -0.3 is 9.47 Å². The quantitative estimate of drug-likeness (QED) is 0.838. The number of piperidine rings is 1. The number of aromatic amines is 1. The number of rotatable bonds is 3. The summed E-state index contributed by atoms with van der Waals surface area (Å²) in [6.45, 7) is 3.50. The number of aromatic nitrogens is 3. The maximum atomic E-state index is 5.35. The minimum Gasteiger partial charge on any atom is -0.306 e. The lowest BCUT2D eigenvalue weighted by Crippen LogP contribution is -2.32. The van der Waals surface area contributed by atoms with E-state index < -0.39 is 0 Å². The van der Waals surface area contributed by atoms with Gasteiger partial charge in [-0.2, -0.15) is 5.10 Å². The summed E-state index contributed by atoms with van der Waals surface area (Å²) in [5, 5.41) is 7.36. The Hall–Kier alpha value is -0.680. The highest BCUT2D eigenvalue weighted by atomic mass is 32.1. The van der Waals surface area contributed by atoms with Crippen LogP contribution in [-0.2, 0) is 6.54 Å². The molecule has 1 aliphatic heterocycles. The summed E-state index contributed by atoms with van der Waals surface area (Å²) in [4.78, 5) is 2.41. The van der Waals surface area contributed by atoms with Gasteiger partial charge in [-0.25, -0.2) is 0 Å². The minimum atomic E-state index is 0.675. The second-order valence-corrected chi connectivity index (χ2v) is 5.91. The summed E-state index contributed by atoms with van der Waals surface area (Å²) in [7, 11) is 2.20. The average Bonchev–Trinajstić information content (AvgIpc) is 3.10. The third kappa shape index (κ3) is 2.45. The Morgan fingerprint density at radius 2 is 2.00 bits per heavy atom. The summed E-state index contributed by atoms with van der Waals surface area (Å²) < 4.78 is 3.06. The van der Waals surface area contributed by atoms with Crippen LogP contribution in [0.25, 0.3) is 0 Å². The molecule has 17 heavy (non-hydrogen) atoms. The standard InChI is InChI=1S/C12H20N4S/c1-15-6-4-9(5-7-15)8-16-11(10-2-3-10)13-14-12(16)17/h9-10H,2-8H2,1H3,(H,14,17). The summed E-state index contributed by atoms with van der Waals surface area (Å²) in [6.07, 6.45) is 5.14. The molecule has 0 radical (unpaired) electrons. The van der Waals surface area contributed by atoms with Crippen molar-refractivity contribution >= 4 is 12.2 Å². The molecule has 1 saturated heterocycles. The molecule has 2 heterocycles. The van der Waals surface area contributed by atoms with E-state index in [4.69, 9.17) is 12.2 Å². The molecule has 2 fully saturated rings. The van der Waals surface area contributed by atoms with E-state index >= 15 is 0 Å². The fourth-order valence-corrected chi connectivity index (χ4v) is 2.88. The van der Waals surface area contributed by atoms with E-state index in [1.807, 2.05) is 0 Å². The van der Waals surface area contributed by atoms with Gasteiger partial charge in [0.25, 0.3) is 0 Å². The molecule has 1 aromatic heterocycles. The topological polar surface area (TPSA) is 36.9 Å². The Bertz CT molecular complexity index is 438. The zero-order valence-electron chi connectivity index (χ0n) is 10.4. The van der Waals surface area contributed by atoms with Crippen molar-refractivity contribution in [2.75, 3.05) is 20.1 Å². The third-order valence-corrected chi connectivity index (χ3v) is 4.32. The number of hydrogen-bond donors (Lipinski definition) is 1. The molecule has 5 heteroatoms. The van der Waals surface area contributed by atoms with Crippen molar-refractivity contribution in [3.05, 3.63) is 10.6 Å². The largest absolute Gasteiger partial charge is 0.306 e. The van der Waals surface area contributed by atoms with Crippen LogP contribution in [-0.4, -0.2) is 39.8 Å². The van der Waals surface area contributed by atoms with Gasteiger partial charge in [0, 0.05) is 12.5 Å². The Morgan fingerprint density at radius 1 is 1.29 bits per heavy atom. The molecule has 0 spiro atoms. The van der Waals surface area contributed by atoms with E-state index in [2.05, 4.69) is 26.7 Å². The summed E-state index contributed by atoms with van der Waals surface area (Å²) in [6, 6.07) is 0. The van der Waals surface area contributed by atoms with E-state index in [9.17, 15) is 0 Å². The van der Waals surface area contributed by atoms with Crippen molar-refractivity contribution in [3.63, 3.8) is 0 Å². The maximum absolute atomic E-state index is 5.35. The highest BCUT2D eigenvalue weighted by Crippen LogP contribution is 2.39. The van der Waals surface area contributed by atoms with E-state index in [1.165, 1.54) is 44.6 Å². The highest BCUT2D eigenvalue weighted by Gasteiger charge is 2.30. The Morgan fingerprint density at radius 3 is 2.65 bits per heavy atom. The molecule has 1 saturated carbocycles. The molecule has 0 unspecified atom stereocenters. The molecule has 3 rings (SSSR count). The van der Waals surface area contributed by atoms with Gasteiger partial charge in [0.2, 0.25) is 0 Å². The Labute approximate surface area is 107 Å². The Kier molecular flexibility index (Phi) is 3.04. The van der Waals surface area contributed by atoms with Gasteiger partial charge in [-0.1, -0.05) is 0 Å². The van der Waals surface area contributed by atoms with Gasteiger partial charge in [-0.3, -0.25) is 5.10 Å². The molecular formula is C12H20N4S. The molecule has 1 aromatic rings. The first-order valence-electron chi connectivity index (χ1n) is 6.57. The highest BCUT2D eigenvalue weighted by molar-refractivity contribution is 7.71. The van der Waals surface area contributed by atoms with Crippen molar-refractivity contribution in [3.8, 4) is 0 Å². The van der Waals surface area contributed by atoms with Crippen LogP contribution in [0.3, 0.4) is 0 Å². The molecular weight excluding hydrogens is 232 g/mol. The predicted molar refractivity (Wildman–Crippen MR) is 69.6 cm³/mol. The number of nitrogens with one attached hydrogen (secondary N) is 1. The van der Waals surface area contributed by atoms with Crippen molar-refractivity contribution in [1.29, 1.82) is 0 Å². The molecule has 1 aliphatic carbocycles. The van der Waals surface area contributed by atoms with Crippen molar-refractivity contribution < 1.29 is 0 Å². The molecule has 0 atom stereocenters. The minimum absolute atomic E-state index is 0.675. The van der Waals surface area contributed by atoms with Gasteiger partial charge in [0.15, 0.2) is 4.77 Å². The lowest BCUT2D eigenvalue weighted by Gasteiger charge is -2.29. The van der Waals surface area contributed by atoms with Crippen LogP contribution >= 0.6 is 12.2 Å². The van der Waals surface area contributed by atoms with Crippen LogP contribution < -0.4 is 0 Å². The number of nitrogens with zero attached hydrogens (tertiary/aromatic N) is 3. The SMILES string of the molecule is CN1CCC(Cn2c(C3CC3)n[nH]c2=S)CC1. The zero-order valence-corrected chi connectivity index (χ0v) is 11.2. The summed E-state index contributed by atoms with van der Waals surface area (Å²) in [5.41, 5.74) is 0. The first kappa shape index (κ1) is 11.4. The fraction of sp³-hybridized carbons (Fsp3) is 0.833. The average molecular weight is 252 g/mol. The maximum Gasteiger partial charge on any atom is 0.195 e. The van der Waals surface area contributed by atoms with Crippen LogP contribution in [0.5, 0.6) is 0 Å². The lowest BCUT2D eigenvalue weighted by atomic mass is 9.97. The van der Waals surface area contributed by atoms with Crippen LogP contribution in [0.1, 0.15) is 37.4 Å². The summed E-state index contributed by atoms with van der Waals surface area (Å²) in [5.74, 6) is 2.65. The first-order valence-corrected chi connectivity index (χ1v) is 6.98. The van der Waals surface area contributed by atoms with E-state index in [1.54, 1.807) is 0 Å². The zero-order chi connectivity index (χ0) is 11.8. The van der Waals surface area contributed by atoms with E-state index in [0.29, 0.717) is 5.92 Å². The van der Waals surface area contributed by atoms with Crippen molar-refractivity contribution in [1.82, 2.24) is 19.7 Å². The normalized spacial score (nSPS) is 23.1. The molecule has 2 aliphatic rings. The second kappa shape index (κ2) is 4.53. The van der Waals surface area contributed by atoms with Gasteiger partial charge in [-0.15, -0.1) is 0 Å². The molecule has 0 bridgehead atoms. The van der Waals surface area contributed by atoms with Gasteiger partial charge in [0.05, 0.1) is 0 Å². The molecule has 0 aromatic carbocycles. The first-order chi connectivity index (χ1) is 8.24. The third-order valence-electron chi connectivity index (χ3n) is 4.01. The molecule has 0 amide bonds. The van der Waals surface area contributed by atoms with Crippen molar-refractivity contribution in [2.24, 2.45) is 5.92 Å². The number of likely N-dealkylation sites (tertiary alicyclic amines) is 1. The molecule has 4 nitrogen and oxygen atoms in total. The van der Waals surface area contributed by atoms with Crippen LogP contribution in [0, 0.1) is 10.7 Å². The van der Waals surface area contributed by atoms with E-state index in [0.717, 1.165) is 17.2 Å².